The predicted octanol–water partition coefficient (Wildman–Crippen LogP) is 6.25. The zero-order chi connectivity index (χ0) is 20.6. The molecule has 153 valence electrons. The quantitative estimate of drug-likeness (QED) is 0.602. The van der Waals surface area contributed by atoms with Crippen LogP contribution in [0.5, 0.6) is 0 Å². The summed E-state index contributed by atoms with van der Waals surface area (Å²) in [6, 6.07) is 17.7. The minimum Gasteiger partial charge on any atom is -0.389 e. The smallest absolute Gasteiger partial charge is 0.191 e. The van der Waals surface area contributed by atoms with Crippen LogP contribution in [0, 0.1) is 6.92 Å². The van der Waals surface area contributed by atoms with E-state index < -0.39 is 5.79 Å². The molecule has 2 rings (SSSR count). The second kappa shape index (κ2) is 18.3. The van der Waals surface area contributed by atoms with Gasteiger partial charge in [0, 0.05) is 38.3 Å². The number of hydrogen-bond donors (Lipinski definition) is 1. The van der Waals surface area contributed by atoms with E-state index in [0.717, 1.165) is 16.7 Å². The summed E-state index contributed by atoms with van der Waals surface area (Å²) in [7, 11) is 3.27. The summed E-state index contributed by atoms with van der Waals surface area (Å²) in [5.41, 5.74) is 3.19. The number of benzene rings is 2. The SMILES string of the molecule is CC.CC.COC(C)(OC)c1ccccc1.Cc1ccccc1C(C)O.[V]. The minimum atomic E-state index is -0.624. The molecule has 0 aliphatic carbocycles. The topological polar surface area (TPSA) is 38.7 Å². The first kappa shape index (κ1) is 30.6. The van der Waals surface area contributed by atoms with Crippen molar-refractivity contribution in [3.63, 3.8) is 0 Å². The number of hydrogen-bond acceptors (Lipinski definition) is 3. The van der Waals surface area contributed by atoms with Gasteiger partial charge in [-0.1, -0.05) is 82.3 Å². The van der Waals surface area contributed by atoms with Crippen LogP contribution in [0.25, 0.3) is 0 Å². The molecule has 0 aromatic heterocycles. The van der Waals surface area contributed by atoms with E-state index >= 15 is 0 Å². The van der Waals surface area contributed by atoms with Gasteiger partial charge in [-0.3, -0.25) is 0 Å². The van der Waals surface area contributed by atoms with Gasteiger partial charge in [-0.05, 0) is 31.9 Å². The Morgan fingerprint density at radius 2 is 1.22 bits per heavy atom. The number of aryl methyl sites for hydroxylation is 1. The molecule has 0 heterocycles. The molecule has 0 aliphatic heterocycles. The first-order chi connectivity index (χ1) is 12.4. The minimum absolute atomic E-state index is 0. The molecule has 0 fully saturated rings. The maximum Gasteiger partial charge on any atom is 0.191 e. The molecule has 0 amide bonds. The van der Waals surface area contributed by atoms with Gasteiger partial charge in [-0.25, -0.2) is 0 Å². The van der Waals surface area contributed by atoms with E-state index in [2.05, 4.69) is 0 Å². The van der Waals surface area contributed by atoms with E-state index in [9.17, 15) is 5.11 Å². The molecule has 0 aliphatic rings. The Morgan fingerprint density at radius 3 is 1.56 bits per heavy atom. The molecule has 2 aromatic carbocycles. The zero-order valence-electron chi connectivity index (χ0n) is 18.5. The zero-order valence-corrected chi connectivity index (χ0v) is 19.9. The van der Waals surface area contributed by atoms with E-state index in [1.165, 1.54) is 0 Å². The molecule has 3 nitrogen and oxygen atoms in total. The van der Waals surface area contributed by atoms with Gasteiger partial charge in [-0.2, -0.15) is 0 Å². The Bertz CT molecular complexity index is 553. The predicted molar refractivity (Wildman–Crippen MR) is 112 cm³/mol. The van der Waals surface area contributed by atoms with Crippen molar-refractivity contribution in [3.05, 3.63) is 71.3 Å². The van der Waals surface area contributed by atoms with Gasteiger partial charge >= 0.3 is 0 Å². The van der Waals surface area contributed by atoms with Gasteiger partial charge in [0.2, 0.25) is 0 Å². The van der Waals surface area contributed by atoms with Crippen molar-refractivity contribution in [1.29, 1.82) is 0 Å². The number of methoxy groups -OCH3 is 2. The number of aliphatic hydroxyl groups excluding tert-OH is 1. The molecular formula is C23H38O3V. The van der Waals surface area contributed by atoms with Crippen molar-refractivity contribution in [2.24, 2.45) is 0 Å². The summed E-state index contributed by atoms with van der Waals surface area (Å²) in [6.45, 7) is 13.7. The molecule has 0 spiro atoms. The summed E-state index contributed by atoms with van der Waals surface area (Å²) >= 11 is 0. The maximum atomic E-state index is 9.20. The fraction of sp³-hybridized carbons (Fsp3) is 0.478. The first-order valence-corrected chi connectivity index (χ1v) is 9.34. The molecule has 1 atom stereocenters. The van der Waals surface area contributed by atoms with Crippen LogP contribution < -0.4 is 0 Å². The van der Waals surface area contributed by atoms with Crippen LogP contribution in [0.3, 0.4) is 0 Å². The van der Waals surface area contributed by atoms with Crippen LogP contribution in [0.4, 0.5) is 0 Å². The van der Waals surface area contributed by atoms with E-state index in [4.69, 9.17) is 9.47 Å². The van der Waals surface area contributed by atoms with Crippen LogP contribution in [0.2, 0.25) is 0 Å². The summed E-state index contributed by atoms with van der Waals surface area (Å²) < 4.78 is 10.5. The first-order valence-electron chi connectivity index (χ1n) is 9.34. The summed E-state index contributed by atoms with van der Waals surface area (Å²) in [6.07, 6.45) is -0.346. The van der Waals surface area contributed by atoms with Crippen LogP contribution in [0.1, 0.15) is 64.3 Å². The average Bonchev–Trinajstić information content (AvgIpc) is 2.71. The Balaban J connectivity index is -0.000000352. The molecule has 4 heteroatoms. The maximum absolute atomic E-state index is 9.20. The largest absolute Gasteiger partial charge is 0.389 e. The van der Waals surface area contributed by atoms with Gasteiger partial charge < -0.3 is 14.6 Å². The molecule has 0 bridgehead atoms. The Morgan fingerprint density at radius 1 is 0.815 bits per heavy atom. The summed E-state index contributed by atoms with van der Waals surface area (Å²) in [5.74, 6) is -0.624. The molecule has 1 N–H and O–H groups in total. The van der Waals surface area contributed by atoms with E-state index in [1.54, 1.807) is 21.1 Å². The van der Waals surface area contributed by atoms with Gasteiger partial charge in [0.1, 0.15) is 0 Å². The molecule has 2 aromatic rings. The monoisotopic (exact) mass is 413 g/mol. The summed E-state index contributed by atoms with van der Waals surface area (Å²) in [5, 5.41) is 9.20. The van der Waals surface area contributed by atoms with Gasteiger partial charge in [-0.15, -0.1) is 0 Å². The van der Waals surface area contributed by atoms with Crippen molar-refractivity contribution < 1.29 is 33.1 Å². The number of ether oxygens (including phenoxy) is 2. The van der Waals surface area contributed by atoms with Crippen molar-refractivity contribution in [2.45, 2.75) is 60.4 Å². The fourth-order valence-corrected chi connectivity index (χ4v) is 2.12. The molecular weight excluding hydrogens is 375 g/mol. The third-order valence-corrected chi connectivity index (χ3v) is 3.72. The van der Waals surface area contributed by atoms with Crippen molar-refractivity contribution >= 4 is 0 Å². The normalized spacial score (nSPS) is 10.4. The Hall–Kier alpha value is -1.10. The second-order valence-electron chi connectivity index (χ2n) is 5.25. The van der Waals surface area contributed by atoms with E-state index in [0.29, 0.717) is 0 Å². The number of rotatable bonds is 4. The average molecular weight is 413 g/mol. The molecule has 0 saturated heterocycles. The van der Waals surface area contributed by atoms with Crippen LogP contribution in [-0.4, -0.2) is 19.3 Å². The van der Waals surface area contributed by atoms with Crippen LogP contribution in [0.15, 0.2) is 54.6 Å². The third kappa shape index (κ3) is 11.4. The molecule has 0 saturated carbocycles. The second-order valence-corrected chi connectivity index (χ2v) is 5.25. The molecule has 1 radical (unpaired) electrons. The fourth-order valence-electron chi connectivity index (χ4n) is 2.12. The van der Waals surface area contributed by atoms with Crippen molar-refractivity contribution in [3.8, 4) is 0 Å². The standard InChI is InChI=1S/C10H14O2.C9H12O.2C2H6.V/c1-10(11-2,12-3)9-7-5-4-6-8-9;1-7-5-3-4-6-9(7)8(2)10;2*1-2;/h4-8H,1-3H3;3-6,8,10H,1-2H3;2*1-2H3;. The Labute approximate surface area is 179 Å². The molecule has 27 heavy (non-hydrogen) atoms. The summed E-state index contributed by atoms with van der Waals surface area (Å²) in [4.78, 5) is 0. The van der Waals surface area contributed by atoms with Gasteiger partial charge in [0.05, 0.1) is 6.10 Å². The van der Waals surface area contributed by atoms with Crippen molar-refractivity contribution in [2.75, 3.05) is 14.2 Å². The third-order valence-electron chi connectivity index (χ3n) is 3.72. The van der Waals surface area contributed by atoms with Gasteiger partial charge in [0.15, 0.2) is 5.79 Å². The molecule has 1 unspecified atom stereocenters. The number of aliphatic hydroxyl groups is 1. The van der Waals surface area contributed by atoms with Crippen LogP contribution in [-0.2, 0) is 33.8 Å². The van der Waals surface area contributed by atoms with Crippen LogP contribution >= 0.6 is 0 Å². The van der Waals surface area contributed by atoms with E-state index in [1.807, 2.05) is 96.1 Å². The Kier molecular flexibility index (Phi) is 20.7. The van der Waals surface area contributed by atoms with Crippen molar-refractivity contribution in [1.82, 2.24) is 0 Å². The van der Waals surface area contributed by atoms with E-state index in [-0.39, 0.29) is 24.7 Å². The van der Waals surface area contributed by atoms with Gasteiger partial charge in [0.25, 0.3) is 0 Å².